The van der Waals surface area contributed by atoms with Crippen molar-refractivity contribution in [2.24, 2.45) is 5.73 Å². The van der Waals surface area contributed by atoms with Gasteiger partial charge in [0, 0.05) is 41.1 Å². The third-order valence-electron chi connectivity index (χ3n) is 2.88. The van der Waals surface area contributed by atoms with E-state index in [1.807, 2.05) is 31.3 Å². The normalized spacial score (nSPS) is 12.8. The maximum Gasteiger partial charge on any atom is 0.218 e. The fourth-order valence-corrected chi connectivity index (χ4v) is 2.14. The summed E-state index contributed by atoms with van der Waals surface area (Å²) in [5.41, 5.74) is 7.32. The minimum absolute atomic E-state index is 0.0692. The van der Waals surface area contributed by atoms with Gasteiger partial charge in [-0.2, -0.15) is 0 Å². The standard InChI is InChI=1S/C13H16ClN3O/c1-8(4-13(15)18)16-6-9-7-17-12-5-10(14)2-3-11(9)12/h2-3,5,7-8,16-17H,4,6H2,1H3,(H2,15,18). The average molecular weight is 266 g/mol. The van der Waals surface area contributed by atoms with Crippen LogP contribution >= 0.6 is 11.6 Å². The van der Waals surface area contributed by atoms with Gasteiger partial charge in [0.05, 0.1) is 0 Å². The maximum absolute atomic E-state index is 10.8. The van der Waals surface area contributed by atoms with Crippen LogP contribution in [0.15, 0.2) is 24.4 Å². The van der Waals surface area contributed by atoms with Crippen molar-refractivity contribution in [3.8, 4) is 0 Å². The number of H-pyrrole nitrogens is 1. The van der Waals surface area contributed by atoms with Gasteiger partial charge in [-0.25, -0.2) is 0 Å². The number of carbonyl (C=O) groups excluding carboxylic acids is 1. The number of fused-ring (bicyclic) bond motifs is 1. The topological polar surface area (TPSA) is 70.9 Å². The van der Waals surface area contributed by atoms with E-state index in [-0.39, 0.29) is 11.9 Å². The van der Waals surface area contributed by atoms with Crippen LogP contribution in [0.3, 0.4) is 0 Å². The Morgan fingerprint density at radius 3 is 3.06 bits per heavy atom. The summed E-state index contributed by atoms with van der Waals surface area (Å²) in [5, 5.41) is 5.12. The smallest absolute Gasteiger partial charge is 0.218 e. The minimum atomic E-state index is -0.291. The molecule has 1 aromatic heterocycles. The SMILES string of the molecule is CC(CC(N)=O)NCc1c[nH]c2cc(Cl)ccc12. The van der Waals surface area contributed by atoms with Crippen molar-refractivity contribution in [1.29, 1.82) is 0 Å². The number of aromatic amines is 1. The molecule has 2 rings (SSSR count). The van der Waals surface area contributed by atoms with Crippen molar-refractivity contribution in [2.45, 2.75) is 25.9 Å². The van der Waals surface area contributed by atoms with Crippen LogP contribution in [0.1, 0.15) is 18.9 Å². The first-order chi connectivity index (χ1) is 8.56. The lowest BCUT2D eigenvalue weighted by Crippen LogP contribution is -2.30. The molecule has 96 valence electrons. The van der Waals surface area contributed by atoms with E-state index in [9.17, 15) is 4.79 Å². The van der Waals surface area contributed by atoms with Gasteiger partial charge in [0.1, 0.15) is 0 Å². The predicted molar refractivity (Wildman–Crippen MR) is 73.4 cm³/mol. The first-order valence-corrected chi connectivity index (χ1v) is 6.21. The third-order valence-corrected chi connectivity index (χ3v) is 3.11. The molecule has 18 heavy (non-hydrogen) atoms. The van der Waals surface area contributed by atoms with Gasteiger partial charge in [0.25, 0.3) is 0 Å². The van der Waals surface area contributed by atoms with Gasteiger partial charge in [0.15, 0.2) is 0 Å². The van der Waals surface area contributed by atoms with Crippen LogP contribution in [0.25, 0.3) is 10.9 Å². The summed E-state index contributed by atoms with van der Waals surface area (Å²) in [6, 6.07) is 5.82. The van der Waals surface area contributed by atoms with E-state index < -0.39 is 0 Å². The van der Waals surface area contributed by atoms with Gasteiger partial charge < -0.3 is 16.0 Å². The summed E-state index contributed by atoms with van der Waals surface area (Å²) in [4.78, 5) is 14.0. The molecular formula is C13H16ClN3O. The van der Waals surface area contributed by atoms with Crippen LogP contribution in [0.2, 0.25) is 5.02 Å². The molecular weight excluding hydrogens is 250 g/mol. The number of rotatable bonds is 5. The number of hydrogen-bond donors (Lipinski definition) is 3. The molecule has 1 atom stereocenters. The summed E-state index contributed by atoms with van der Waals surface area (Å²) in [7, 11) is 0. The molecule has 0 aliphatic rings. The number of benzene rings is 1. The molecule has 0 aliphatic heterocycles. The van der Waals surface area contributed by atoms with E-state index in [2.05, 4.69) is 10.3 Å². The second-order valence-corrected chi connectivity index (χ2v) is 4.89. The second kappa shape index (κ2) is 5.42. The highest BCUT2D eigenvalue weighted by molar-refractivity contribution is 6.31. The summed E-state index contributed by atoms with van der Waals surface area (Å²) < 4.78 is 0. The molecule has 4 N–H and O–H groups in total. The number of nitrogens with one attached hydrogen (secondary N) is 2. The Morgan fingerprint density at radius 2 is 2.33 bits per heavy atom. The summed E-state index contributed by atoms with van der Waals surface area (Å²) in [6.07, 6.45) is 2.29. The molecule has 0 spiro atoms. The molecule has 1 heterocycles. The lowest BCUT2D eigenvalue weighted by Gasteiger charge is -2.11. The van der Waals surface area contributed by atoms with Crippen LogP contribution in [-0.2, 0) is 11.3 Å². The summed E-state index contributed by atoms with van der Waals surface area (Å²) in [5.74, 6) is -0.291. The molecule has 0 saturated heterocycles. The van der Waals surface area contributed by atoms with Gasteiger partial charge in [-0.1, -0.05) is 17.7 Å². The average Bonchev–Trinajstić information content (AvgIpc) is 2.67. The predicted octanol–water partition coefficient (Wildman–Crippen LogP) is 2.17. The van der Waals surface area contributed by atoms with Crippen LogP contribution in [-0.4, -0.2) is 16.9 Å². The number of halogens is 1. The first kappa shape index (κ1) is 12.9. The Kier molecular flexibility index (Phi) is 3.89. The number of nitrogens with two attached hydrogens (primary N) is 1. The number of aromatic nitrogens is 1. The monoisotopic (exact) mass is 265 g/mol. The van der Waals surface area contributed by atoms with Crippen LogP contribution in [0, 0.1) is 0 Å². The second-order valence-electron chi connectivity index (χ2n) is 4.46. The van der Waals surface area contributed by atoms with Gasteiger partial charge in [-0.3, -0.25) is 4.79 Å². The van der Waals surface area contributed by atoms with Gasteiger partial charge >= 0.3 is 0 Å². The van der Waals surface area contributed by atoms with Crippen molar-refractivity contribution in [3.05, 3.63) is 35.0 Å². The van der Waals surface area contributed by atoms with Crippen molar-refractivity contribution in [3.63, 3.8) is 0 Å². The molecule has 4 nitrogen and oxygen atoms in total. The zero-order valence-corrected chi connectivity index (χ0v) is 10.9. The Hall–Kier alpha value is -1.52. The Labute approximate surface area is 111 Å². The Balaban J connectivity index is 2.06. The lowest BCUT2D eigenvalue weighted by molar-refractivity contribution is -0.118. The van der Waals surface area contributed by atoms with Crippen LogP contribution in [0.4, 0.5) is 0 Å². The number of amides is 1. The van der Waals surface area contributed by atoms with Crippen molar-refractivity contribution >= 4 is 28.4 Å². The highest BCUT2D eigenvalue weighted by atomic mass is 35.5. The van der Waals surface area contributed by atoms with Crippen molar-refractivity contribution in [1.82, 2.24) is 10.3 Å². The molecule has 0 saturated carbocycles. The molecule has 1 unspecified atom stereocenters. The highest BCUT2D eigenvalue weighted by Gasteiger charge is 2.08. The van der Waals surface area contributed by atoms with Gasteiger partial charge in [-0.15, -0.1) is 0 Å². The Bertz CT molecular complexity index is 564. The molecule has 0 radical (unpaired) electrons. The number of carbonyl (C=O) groups is 1. The zero-order chi connectivity index (χ0) is 13.1. The van der Waals surface area contributed by atoms with E-state index in [4.69, 9.17) is 17.3 Å². The fourth-order valence-electron chi connectivity index (χ4n) is 1.96. The van der Waals surface area contributed by atoms with Gasteiger partial charge in [0.2, 0.25) is 5.91 Å². The molecule has 0 bridgehead atoms. The Morgan fingerprint density at radius 1 is 1.56 bits per heavy atom. The van der Waals surface area contributed by atoms with Crippen molar-refractivity contribution < 1.29 is 4.79 Å². The molecule has 5 heteroatoms. The van der Waals surface area contributed by atoms with E-state index >= 15 is 0 Å². The third kappa shape index (κ3) is 3.03. The zero-order valence-electron chi connectivity index (χ0n) is 10.2. The lowest BCUT2D eigenvalue weighted by atomic mass is 10.1. The van der Waals surface area contributed by atoms with E-state index in [0.29, 0.717) is 18.0 Å². The molecule has 0 aliphatic carbocycles. The quantitative estimate of drug-likeness (QED) is 0.775. The van der Waals surface area contributed by atoms with Crippen LogP contribution in [0.5, 0.6) is 0 Å². The molecule has 0 fully saturated rings. The van der Waals surface area contributed by atoms with E-state index in [1.165, 1.54) is 0 Å². The molecule has 1 aromatic carbocycles. The van der Waals surface area contributed by atoms with E-state index in [0.717, 1.165) is 16.5 Å². The van der Waals surface area contributed by atoms with Gasteiger partial charge in [-0.05, 0) is 24.6 Å². The number of primary amides is 1. The van der Waals surface area contributed by atoms with Crippen LogP contribution < -0.4 is 11.1 Å². The molecule has 2 aromatic rings. The van der Waals surface area contributed by atoms with Crippen molar-refractivity contribution in [2.75, 3.05) is 0 Å². The van der Waals surface area contributed by atoms with E-state index in [1.54, 1.807) is 0 Å². The molecule has 1 amide bonds. The summed E-state index contributed by atoms with van der Waals surface area (Å²) >= 11 is 5.93. The maximum atomic E-state index is 10.8. The minimum Gasteiger partial charge on any atom is -0.370 e. The largest absolute Gasteiger partial charge is 0.370 e. The summed E-state index contributed by atoms with van der Waals surface area (Å²) in [6.45, 7) is 2.63. The highest BCUT2D eigenvalue weighted by Crippen LogP contribution is 2.21. The first-order valence-electron chi connectivity index (χ1n) is 5.83. The number of hydrogen-bond acceptors (Lipinski definition) is 2. The fraction of sp³-hybridized carbons (Fsp3) is 0.308.